The Morgan fingerprint density at radius 3 is 2.56 bits per heavy atom. The molecule has 0 aliphatic rings. The molecular weight excluding hydrogens is 343 g/mol. The van der Waals surface area contributed by atoms with Gasteiger partial charge in [-0.2, -0.15) is 5.10 Å². The summed E-state index contributed by atoms with van der Waals surface area (Å²) < 4.78 is 20.6. The minimum Gasteiger partial charge on any atom is -0.494 e. The number of halogens is 2. The molecule has 0 amide bonds. The summed E-state index contributed by atoms with van der Waals surface area (Å²) in [6, 6.07) is 14.9. The number of nitrogens with zero attached hydrogens (tertiary/aromatic N) is 2. The van der Waals surface area contributed by atoms with Crippen molar-refractivity contribution in [3.8, 4) is 17.0 Å². The van der Waals surface area contributed by atoms with Crippen molar-refractivity contribution in [2.24, 2.45) is 0 Å². The maximum absolute atomic E-state index is 14.0. The van der Waals surface area contributed by atoms with Crippen molar-refractivity contribution in [1.82, 2.24) is 9.78 Å². The zero-order valence-electron chi connectivity index (χ0n) is 13.6. The molecule has 0 fully saturated rings. The quantitative estimate of drug-likeness (QED) is 0.688. The van der Waals surface area contributed by atoms with Gasteiger partial charge in [0.25, 0.3) is 5.56 Å². The van der Waals surface area contributed by atoms with Crippen LogP contribution in [0.25, 0.3) is 11.3 Å². The Morgan fingerprint density at radius 2 is 1.88 bits per heavy atom. The van der Waals surface area contributed by atoms with E-state index in [1.54, 1.807) is 12.1 Å². The third kappa shape index (κ3) is 3.88. The van der Waals surface area contributed by atoms with Gasteiger partial charge in [0.1, 0.15) is 11.6 Å². The van der Waals surface area contributed by atoms with Crippen LogP contribution < -0.4 is 10.3 Å². The SMILES string of the molecule is CCOc1ccc(-c2ccc(=O)n(Cc3c(F)cccc3Cl)n2)cc1. The highest BCUT2D eigenvalue weighted by Crippen LogP contribution is 2.22. The first-order valence-electron chi connectivity index (χ1n) is 7.83. The fourth-order valence-corrected chi connectivity index (χ4v) is 2.66. The van der Waals surface area contributed by atoms with Crippen LogP contribution in [-0.4, -0.2) is 16.4 Å². The largest absolute Gasteiger partial charge is 0.494 e. The maximum atomic E-state index is 14.0. The van der Waals surface area contributed by atoms with E-state index in [1.807, 2.05) is 31.2 Å². The molecule has 2 aromatic carbocycles. The molecule has 0 unspecified atom stereocenters. The van der Waals surface area contributed by atoms with E-state index in [9.17, 15) is 9.18 Å². The third-order valence-corrected chi connectivity index (χ3v) is 4.05. The van der Waals surface area contributed by atoms with Gasteiger partial charge in [-0.15, -0.1) is 0 Å². The molecule has 0 saturated carbocycles. The van der Waals surface area contributed by atoms with Gasteiger partial charge in [0, 0.05) is 22.2 Å². The number of rotatable bonds is 5. The molecule has 1 heterocycles. The molecule has 3 rings (SSSR count). The third-order valence-electron chi connectivity index (χ3n) is 3.70. The fourth-order valence-electron chi connectivity index (χ4n) is 2.44. The summed E-state index contributed by atoms with van der Waals surface area (Å²) in [4.78, 5) is 12.1. The molecule has 0 saturated heterocycles. The second-order valence-corrected chi connectivity index (χ2v) is 5.78. The molecule has 25 heavy (non-hydrogen) atoms. The Balaban J connectivity index is 1.94. The van der Waals surface area contributed by atoms with Gasteiger partial charge in [-0.3, -0.25) is 4.79 Å². The molecule has 1 aromatic heterocycles. The van der Waals surface area contributed by atoms with Crippen LogP contribution in [0, 0.1) is 5.82 Å². The average Bonchev–Trinajstić information content (AvgIpc) is 2.61. The summed E-state index contributed by atoms with van der Waals surface area (Å²) in [6.07, 6.45) is 0. The topological polar surface area (TPSA) is 44.1 Å². The number of ether oxygens (including phenoxy) is 1. The first-order valence-corrected chi connectivity index (χ1v) is 8.20. The van der Waals surface area contributed by atoms with E-state index in [2.05, 4.69) is 5.10 Å². The molecule has 0 atom stereocenters. The molecule has 0 N–H and O–H groups in total. The Labute approximate surface area is 149 Å². The highest BCUT2D eigenvalue weighted by molar-refractivity contribution is 6.31. The van der Waals surface area contributed by atoms with Crippen molar-refractivity contribution < 1.29 is 9.13 Å². The second kappa shape index (κ2) is 7.49. The lowest BCUT2D eigenvalue weighted by atomic mass is 10.1. The summed E-state index contributed by atoms with van der Waals surface area (Å²) in [5, 5.41) is 4.60. The van der Waals surface area contributed by atoms with E-state index in [1.165, 1.54) is 22.9 Å². The van der Waals surface area contributed by atoms with E-state index in [0.29, 0.717) is 12.3 Å². The fraction of sp³-hybridized carbons (Fsp3) is 0.158. The Hall–Kier alpha value is -2.66. The standard InChI is InChI=1S/C19H16ClFN2O2/c1-2-25-14-8-6-13(7-9-14)18-10-11-19(24)23(22-18)12-15-16(20)4-3-5-17(15)21/h3-11H,2,12H2,1H3. The van der Waals surface area contributed by atoms with Crippen LogP contribution in [-0.2, 0) is 6.54 Å². The van der Waals surface area contributed by atoms with Crippen LogP contribution in [0.1, 0.15) is 12.5 Å². The lowest BCUT2D eigenvalue weighted by Gasteiger charge is -2.10. The predicted molar refractivity (Wildman–Crippen MR) is 95.6 cm³/mol. The normalized spacial score (nSPS) is 10.7. The number of hydrogen-bond acceptors (Lipinski definition) is 3. The van der Waals surface area contributed by atoms with Gasteiger partial charge in [0.15, 0.2) is 0 Å². The van der Waals surface area contributed by atoms with Crippen molar-refractivity contribution >= 4 is 11.6 Å². The van der Waals surface area contributed by atoms with Crippen LogP contribution in [0.3, 0.4) is 0 Å². The van der Waals surface area contributed by atoms with Gasteiger partial charge in [-0.25, -0.2) is 9.07 Å². The molecule has 0 spiro atoms. The van der Waals surface area contributed by atoms with Gasteiger partial charge in [-0.1, -0.05) is 17.7 Å². The van der Waals surface area contributed by atoms with E-state index in [-0.39, 0.29) is 22.7 Å². The zero-order valence-corrected chi connectivity index (χ0v) is 14.3. The molecule has 3 aromatic rings. The monoisotopic (exact) mass is 358 g/mol. The molecule has 128 valence electrons. The minimum atomic E-state index is -0.465. The van der Waals surface area contributed by atoms with Gasteiger partial charge in [-0.05, 0) is 49.4 Å². The summed E-state index contributed by atoms with van der Waals surface area (Å²) in [5.41, 5.74) is 1.35. The van der Waals surface area contributed by atoms with Crippen LogP contribution in [0.2, 0.25) is 5.02 Å². The highest BCUT2D eigenvalue weighted by atomic mass is 35.5. The van der Waals surface area contributed by atoms with Gasteiger partial charge in [0.2, 0.25) is 0 Å². The van der Waals surface area contributed by atoms with E-state index < -0.39 is 5.82 Å². The molecule has 0 bridgehead atoms. The first kappa shape index (κ1) is 17.2. The molecule has 0 aliphatic carbocycles. The van der Waals surface area contributed by atoms with Crippen molar-refractivity contribution in [3.05, 3.63) is 81.4 Å². The average molecular weight is 359 g/mol. The first-order chi connectivity index (χ1) is 12.1. The highest BCUT2D eigenvalue weighted by Gasteiger charge is 2.10. The molecule has 6 heteroatoms. The van der Waals surface area contributed by atoms with Gasteiger partial charge in [0.05, 0.1) is 18.8 Å². The molecule has 4 nitrogen and oxygen atoms in total. The van der Waals surface area contributed by atoms with Crippen LogP contribution in [0.5, 0.6) is 5.75 Å². The number of benzene rings is 2. The molecule has 0 radical (unpaired) electrons. The predicted octanol–water partition coefficient (Wildman–Crippen LogP) is 4.15. The minimum absolute atomic E-state index is 0.0325. The number of aromatic nitrogens is 2. The van der Waals surface area contributed by atoms with Crippen molar-refractivity contribution in [1.29, 1.82) is 0 Å². The number of hydrogen-bond donors (Lipinski definition) is 0. The van der Waals surface area contributed by atoms with Gasteiger partial charge < -0.3 is 4.74 Å². The van der Waals surface area contributed by atoms with Crippen molar-refractivity contribution in [3.63, 3.8) is 0 Å². The lowest BCUT2D eigenvalue weighted by Crippen LogP contribution is -2.23. The second-order valence-electron chi connectivity index (χ2n) is 5.37. The van der Waals surface area contributed by atoms with Crippen LogP contribution in [0.4, 0.5) is 4.39 Å². The summed E-state index contributed by atoms with van der Waals surface area (Å²) >= 11 is 6.04. The molecule has 0 aliphatic heterocycles. The summed E-state index contributed by atoms with van der Waals surface area (Å²) in [6.45, 7) is 2.47. The van der Waals surface area contributed by atoms with Crippen LogP contribution >= 0.6 is 11.6 Å². The Bertz CT molecular complexity index is 919. The van der Waals surface area contributed by atoms with Crippen molar-refractivity contribution in [2.75, 3.05) is 6.61 Å². The van der Waals surface area contributed by atoms with E-state index in [4.69, 9.17) is 16.3 Å². The van der Waals surface area contributed by atoms with Crippen LogP contribution in [0.15, 0.2) is 59.4 Å². The Morgan fingerprint density at radius 1 is 1.12 bits per heavy atom. The Kier molecular flexibility index (Phi) is 5.14. The van der Waals surface area contributed by atoms with Gasteiger partial charge >= 0.3 is 0 Å². The summed E-state index contributed by atoms with van der Waals surface area (Å²) in [5.74, 6) is 0.297. The van der Waals surface area contributed by atoms with E-state index in [0.717, 1.165) is 11.3 Å². The lowest BCUT2D eigenvalue weighted by molar-refractivity contribution is 0.340. The van der Waals surface area contributed by atoms with Crippen molar-refractivity contribution in [2.45, 2.75) is 13.5 Å². The maximum Gasteiger partial charge on any atom is 0.267 e. The van der Waals surface area contributed by atoms with E-state index >= 15 is 0 Å². The summed E-state index contributed by atoms with van der Waals surface area (Å²) in [7, 11) is 0. The smallest absolute Gasteiger partial charge is 0.267 e. The molecular formula is C19H16ClFN2O2. The zero-order chi connectivity index (χ0) is 17.8.